The van der Waals surface area contributed by atoms with Crippen LogP contribution in [0.25, 0.3) is 0 Å². The van der Waals surface area contributed by atoms with Gasteiger partial charge in [0.15, 0.2) is 0 Å². The van der Waals surface area contributed by atoms with Crippen LogP contribution in [-0.2, 0) is 10.0 Å². The number of piperidine rings is 1. The van der Waals surface area contributed by atoms with E-state index < -0.39 is 28.4 Å². The van der Waals surface area contributed by atoms with E-state index in [-0.39, 0.29) is 12.5 Å². The van der Waals surface area contributed by atoms with Crippen LogP contribution in [0.5, 0.6) is 0 Å². The minimum atomic E-state index is -4.30. The number of halogens is 3. The highest BCUT2D eigenvalue weighted by Crippen LogP contribution is 2.25. The number of rotatable bonds is 6. The lowest BCUT2D eigenvalue weighted by Gasteiger charge is -2.34. The van der Waals surface area contributed by atoms with Crippen molar-refractivity contribution in [1.82, 2.24) is 4.31 Å². The first-order valence-electron chi connectivity index (χ1n) is 6.52. The van der Waals surface area contributed by atoms with Gasteiger partial charge in [0.25, 0.3) is 0 Å². The monoisotopic (exact) mass is 302 g/mol. The second-order valence-electron chi connectivity index (χ2n) is 4.87. The van der Waals surface area contributed by atoms with Crippen molar-refractivity contribution in [2.75, 3.05) is 18.8 Å². The van der Waals surface area contributed by atoms with E-state index in [1.54, 1.807) is 0 Å². The molecule has 0 radical (unpaired) electrons. The molecule has 1 saturated heterocycles. The van der Waals surface area contributed by atoms with Crippen LogP contribution in [-0.4, -0.2) is 43.8 Å². The van der Waals surface area contributed by atoms with Gasteiger partial charge in [0.05, 0.1) is 5.75 Å². The van der Waals surface area contributed by atoms with Crippen molar-refractivity contribution in [3.8, 4) is 0 Å². The first kappa shape index (κ1) is 16.7. The SMILES string of the molecule is NCCC1CCCCN1S(=O)(=O)CCCC(F)(F)F. The molecule has 0 aromatic carbocycles. The van der Waals surface area contributed by atoms with Crippen LogP contribution in [0.4, 0.5) is 13.2 Å². The van der Waals surface area contributed by atoms with Crippen LogP contribution in [0.15, 0.2) is 0 Å². The van der Waals surface area contributed by atoms with Gasteiger partial charge >= 0.3 is 6.18 Å². The summed E-state index contributed by atoms with van der Waals surface area (Å²) in [4.78, 5) is 0. The molecule has 1 atom stereocenters. The first-order chi connectivity index (χ1) is 8.76. The van der Waals surface area contributed by atoms with Crippen LogP contribution < -0.4 is 5.73 Å². The van der Waals surface area contributed by atoms with Crippen molar-refractivity contribution < 1.29 is 21.6 Å². The third-order valence-electron chi connectivity index (χ3n) is 3.29. The predicted molar refractivity (Wildman–Crippen MR) is 67.1 cm³/mol. The zero-order valence-corrected chi connectivity index (χ0v) is 11.6. The van der Waals surface area contributed by atoms with Crippen molar-refractivity contribution >= 4 is 10.0 Å². The quantitative estimate of drug-likeness (QED) is 0.814. The molecular weight excluding hydrogens is 281 g/mol. The molecule has 0 aromatic rings. The number of alkyl halides is 3. The molecule has 114 valence electrons. The van der Waals surface area contributed by atoms with Crippen LogP contribution in [0.2, 0.25) is 0 Å². The largest absolute Gasteiger partial charge is 0.389 e. The fourth-order valence-electron chi connectivity index (χ4n) is 2.39. The summed E-state index contributed by atoms with van der Waals surface area (Å²) >= 11 is 0. The highest BCUT2D eigenvalue weighted by atomic mass is 32.2. The second kappa shape index (κ2) is 6.90. The highest BCUT2D eigenvalue weighted by Gasteiger charge is 2.33. The summed E-state index contributed by atoms with van der Waals surface area (Å²) < 4.78 is 61.6. The maximum atomic E-state index is 12.1. The van der Waals surface area contributed by atoms with E-state index in [1.807, 2.05) is 0 Å². The van der Waals surface area contributed by atoms with Gasteiger partial charge in [0.1, 0.15) is 0 Å². The number of hydrogen-bond donors (Lipinski definition) is 1. The fourth-order valence-corrected chi connectivity index (χ4v) is 4.21. The third kappa shape index (κ3) is 5.66. The topological polar surface area (TPSA) is 63.4 Å². The lowest BCUT2D eigenvalue weighted by atomic mass is 10.0. The second-order valence-corrected chi connectivity index (χ2v) is 6.91. The van der Waals surface area contributed by atoms with Crippen molar-refractivity contribution in [3.63, 3.8) is 0 Å². The van der Waals surface area contributed by atoms with E-state index in [0.717, 1.165) is 19.3 Å². The van der Waals surface area contributed by atoms with Gasteiger partial charge in [0, 0.05) is 19.0 Å². The van der Waals surface area contributed by atoms with E-state index in [0.29, 0.717) is 19.5 Å². The summed E-state index contributed by atoms with van der Waals surface area (Å²) in [5, 5.41) is 0. The van der Waals surface area contributed by atoms with Crippen LogP contribution in [0, 0.1) is 0 Å². The van der Waals surface area contributed by atoms with E-state index in [9.17, 15) is 21.6 Å². The molecular formula is C11H21F3N2O2S. The van der Waals surface area contributed by atoms with E-state index in [2.05, 4.69) is 0 Å². The van der Waals surface area contributed by atoms with Gasteiger partial charge in [0.2, 0.25) is 10.0 Å². The van der Waals surface area contributed by atoms with Crippen molar-refractivity contribution in [2.24, 2.45) is 5.73 Å². The summed E-state index contributed by atoms with van der Waals surface area (Å²) in [7, 11) is -3.60. The van der Waals surface area contributed by atoms with Crippen molar-refractivity contribution in [3.05, 3.63) is 0 Å². The van der Waals surface area contributed by atoms with Crippen molar-refractivity contribution in [1.29, 1.82) is 0 Å². The average molecular weight is 302 g/mol. The van der Waals surface area contributed by atoms with E-state index in [1.165, 1.54) is 4.31 Å². The maximum absolute atomic E-state index is 12.1. The molecule has 1 aliphatic heterocycles. The first-order valence-corrected chi connectivity index (χ1v) is 8.13. The molecule has 0 aliphatic carbocycles. The Morgan fingerprint density at radius 3 is 2.53 bits per heavy atom. The van der Waals surface area contributed by atoms with Crippen LogP contribution >= 0.6 is 0 Å². The van der Waals surface area contributed by atoms with Crippen LogP contribution in [0.1, 0.15) is 38.5 Å². The molecule has 2 N–H and O–H groups in total. The average Bonchev–Trinajstić information content (AvgIpc) is 2.28. The molecule has 0 bridgehead atoms. The number of nitrogens with two attached hydrogens (primary N) is 1. The molecule has 0 spiro atoms. The number of nitrogens with zero attached hydrogens (tertiary/aromatic N) is 1. The lowest BCUT2D eigenvalue weighted by Crippen LogP contribution is -2.45. The molecule has 0 amide bonds. The Balaban J connectivity index is 2.58. The molecule has 0 saturated carbocycles. The fraction of sp³-hybridized carbons (Fsp3) is 1.00. The minimum absolute atomic E-state index is 0.144. The Morgan fingerprint density at radius 1 is 1.26 bits per heavy atom. The summed E-state index contributed by atoms with van der Waals surface area (Å²) in [6, 6.07) is -0.144. The number of hydrogen-bond acceptors (Lipinski definition) is 3. The van der Waals surface area contributed by atoms with Crippen molar-refractivity contribution in [2.45, 2.75) is 50.7 Å². The lowest BCUT2D eigenvalue weighted by molar-refractivity contribution is -0.134. The Morgan fingerprint density at radius 2 is 1.95 bits per heavy atom. The Hall–Kier alpha value is -0.340. The molecule has 8 heteroatoms. The summed E-state index contributed by atoms with van der Waals surface area (Å²) in [6.45, 7) is 0.790. The zero-order valence-electron chi connectivity index (χ0n) is 10.8. The van der Waals surface area contributed by atoms with E-state index >= 15 is 0 Å². The van der Waals surface area contributed by atoms with Gasteiger partial charge in [-0.2, -0.15) is 17.5 Å². The molecule has 1 rings (SSSR count). The summed E-state index contributed by atoms with van der Waals surface area (Å²) in [5.41, 5.74) is 5.45. The standard InChI is InChI=1S/C11H21F3N2O2S/c12-11(13,14)6-3-9-19(17,18)16-8-2-1-4-10(16)5-7-15/h10H,1-9,15H2. The van der Waals surface area contributed by atoms with E-state index in [4.69, 9.17) is 5.73 Å². The van der Waals surface area contributed by atoms with Gasteiger partial charge in [-0.25, -0.2) is 8.42 Å². The number of sulfonamides is 1. The predicted octanol–water partition coefficient (Wildman–Crippen LogP) is 1.86. The minimum Gasteiger partial charge on any atom is -0.330 e. The Labute approximate surface area is 112 Å². The van der Waals surface area contributed by atoms with Crippen LogP contribution in [0.3, 0.4) is 0 Å². The molecule has 4 nitrogen and oxygen atoms in total. The van der Waals surface area contributed by atoms with Gasteiger partial charge in [-0.05, 0) is 32.2 Å². The molecule has 1 unspecified atom stereocenters. The van der Waals surface area contributed by atoms with Gasteiger partial charge < -0.3 is 5.73 Å². The highest BCUT2D eigenvalue weighted by molar-refractivity contribution is 7.89. The summed E-state index contributed by atoms with van der Waals surface area (Å²) in [5.74, 6) is -0.437. The summed E-state index contributed by atoms with van der Waals surface area (Å²) in [6.07, 6.45) is -2.71. The zero-order chi connectivity index (χ0) is 14.5. The smallest absolute Gasteiger partial charge is 0.330 e. The molecule has 1 heterocycles. The molecule has 19 heavy (non-hydrogen) atoms. The Bertz CT molecular complexity index is 369. The van der Waals surface area contributed by atoms with Gasteiger partial charge in [-0.1, -0.05) is 6.42 Å². The normalized spacial score (nSPS) is 22.6. The Kier molecular flexibility index (Phi) is 6.07. The molecule has 1 aliphatic rings. The maximum Gasteiger partial charge on any atom is 0.389 e. The van der Waals surface area contributed by atoms with Gasteiger partial charge in [-0.3, -0.25) is 0 Å². The molecule has 0 aromatic heterocycles. The third-order valence-corrected chi connectivity index (χ3v) is 5.29. The van der Waals surface area contributed by atoms with Gasteiger partial charge in [-0.15, -0.1) is 0 Å². The molecule has 1 fully saturated rings.